The average molecular weight is 366 g/mol. The second-order valence-electron chi connectivity index (χ2n) is 6.20. The number of benzene rings is 3. The van der Waals surface area contributed by atoms with Crippen molar-refractivity contribution in [2.45, 2.75) is 25.9 Å². The van der Waals surface area contributed by atoms with Gasteiger partial charge in [0, 0.05) is 0 Å². The van der Waals surface area contributed by atoms with Crippen LogP contribution in [0.5, 0.6) is 0 Å². The zero-order valence-corrected chi connectivity index (χ0v) is 16.7. The van der Waals surface area contributed by atoms with Gasteiger partial charge in [-0.15, -0.1) is 0 Å². The number of rotatable bonds is 6. The minimum Gasteiger partial charge on any atom is -0.308 e. The average Bonchev–Trinajstić information content (AvgIpc) is 2.70. The number of hydrogen-bond acceptors (Lipinski definition) is 0. The number of halogens is 1. The maximum Gasteiger partial charge on any atom is 0.277 e. The largest absolute Gasteiger partial charge is 0.308 e. The normalized spacial score (nSPS) is 11.7. The van der Waals surface area contributed by atoms with Gasteiger partial charge in [0.25, 0.3) is 8.41 Å². The van der Waals surface area contributed by atoms with E-state index < -0.39 is 16.3 Å². The summed E-state index contributed by atoms with van der Waals surface area (Å²) in [5.74, 6) is 0. The maximum absolute atomic E-state index is 15.8. The highest BCUT2D eigenvalue weighted by atomic mass is 31.1. The summed E-state index contributed by atoms with van der Waals surface area (Å²) in [6.45, 7) is 4.00. The van der Waals surface area contributed by atoms with Gasteiger partial charge in [0.1, 0.15) is 0 Å². The lowest BCUT2D eigenvalue weighted by atomic mass is 10.3. The zero-order valence-electron chi connectivity index (χ0n) is 14.8. The molecule has 0 amide bonds. The molecule has 0 bridgehead atoms. The lowest BCUT2D eigenvalue weighted by Crippen LogP contribution is -2.50. The molecule has 0 aliphatic rings. The van der Waals surface area contributed by atoms with E-state index in [1.807, 2.05) is 38.1 Å². The molecule has 0 unspecified atom stereocenters. The summed E-state index contributed by atoms with van der Waals surface area (Å²) in [6, 6.07) is 30.6. The second-order valence-corrected chi connectivity index (χ2v) is 12.3. The highest BCUT2D eigenvalue weighted by molar-refractivity contribution is 7.80. The predicted molar refractivity (Wildman–Crippen MR) is 113 cm³/mol. The summed E-state index contributed by atoms with van der Waals surface area (Å²) in [4.78, 5) is 0. The first-order valence-corrected chi connectivity index (χ1v) is 12.5. The minimum atomic E-state index is -2.93. The Bertz CT molecular complexity index is 761. The van der Waals surface area contributed by atoms with E-state index in [-0.39, 0.29) is 0 Å². The molecule has 3 aromatic carbocycles. The lowest BCUT2D eigenvalue weighted by molar-refractivity contribution is 0.785. The van der Waals surface area contributed by atoms with Crippen LogP contribution in [0.4, 0.5) is 4.11 Å². The molecule has 0 saturated carbocycles. The molecule has 0 N–H and O–H groups in total. The van der Waals surface area contributed by atoms with Crippen molar-refractivity contribution in [1.82, 2.24) is 0 Å². The molecule has 0 spiro atoms. The Kier molecular flexibility index (Phi) is 5.83. The van der Waals surface area contributed by atoms with Gasteiger partial charge in [-0.3, -0.25) is 0 Å². The third-order valence-corrected chi connectivity index (χ3v) is 11.1. The molecule has 3 heteroatoms. The van der Waals surface area contributed by atoms with Gasteiger partial charge in [-0.05, 0) is 41.1 Å². The number of hydrogen-bond donors (Lipinski definition) is 0. The van der Waals surface area contributed by atoms with Gasteiger partial charge in [0.15, 0.2) is 0 Å². The van der Waals surface area contributed by atoms with E-state index in [0.29, 0.717) is 12.1 Å². The van der Waals surface area contributed by atoms with Crippen molar-refractivity contribution in [2.24, 2.45) is 0 Å². The Hall–Kier alpha value is -1.76. The SMILES string of the molecule is CC[Si](F)(CC)c1ccccc1P(c1ccccc1)c1ccccc1. The van der Waals surface area contributed by atoms with Crippen molar-refractivity contribution in [3.8, 4) is 0 Å². The monoisotopic (exact) mass is 366 g/mol. The van der Waals surface area contributed by atoms with Crippen LogP contribution in [0.1, 0.15) is 13.8 Å². The first kappa shape index (κ1) is 18.0. The van der Waals surface area contributed by atoms with Crippen molar-refractivity contribution in [3.05, 3.63) is 84.9 Å². The quantitative estimate of drug-likeness (QED) is 0.340. The molecule has 3 aromatic rings. The summed E-state index contributed by atoms with van der Waals surface area (Å²) in [7, 11) is -3.68. The van der Waals surface area contributed by atoms with Crippen molar-refractivity contribution in [3.63, 3.8) is 0 Å². The van der Waals surface area contributed by atoms with E-state index in [1.165, 1.54) is 15.9 Å². The van der Waals surface area contributed by atoms with E-state index in [0.717, 1.165) is 5.19 Å². The van der Waals surface area contributed by atoms with E-state index in [1.54, 1.807) is 0 Å². The topological polar surface area (TPSA) is 0 Å². The van der Waals surface area contributed by atoms with E-state index in [4.69, 9.17) is 0 Å². The highest BCUT2D eigenvalue weighted by Crippen LogP contribution is 2.33. The first-order valence-electron chi connectivity index (χ1n) is 8.88. The fraction of sp³-hybridized carbons (Fsp3) is 0.182. The molecule has 0 radical (unpaired) electrons. The van der Waals surface area contributed by atoms with Crippen molar-refractivity contribution in [2.75, 3.05) is 0 Å². The van der Waals surface area contributed by atoms with Gasteiger partial charge in [-0.2, -0.15) is 0 Å². The summed E-state index contributed by atoms with van der Waals surface area (Å²) in [6.07, 6.45) is 0. The predicted octanol–water partition coefficient (Wildman–Crippen LogP) is 4.61. The summed E-state index contributed by atoms with van der Waals surface area (Å²) in [5, 5.41) is 4.73. The van der Waals surface area contributed by atoms with Crippen LogP contribution in [0.25, 0.3) is 0 Å². The Morgan fingerprint density at radius 3 is 1.60 bits per heavy atom. The van der Waals surface area contributed by atoms with Crippen LogP contribution in [-0.2, 0) is 0 Å². The van der Waals surface area contributed by atoms with Crippen LogP contribution >= 0.6 is 7.92 Å². The zero-order chi connectivity index (χ0) is 17.7. The standard InChI is InChI=1S/C22H24FPSi/c1-3-25(23,4-2)22-18-12-11-17-21(22)24(19-13-7-5-8-14-19)20-15-9-6-10-16-20/h5-18H,3-4H2,1-2H3. The Morgan fingerprint density at radius 2 is 1.12 bits per heavy atom. The third kappa shape index (κ3) is 3.76. The summed E-state index contributed by atoms with van der Waals surface area (Å²) < 4.78 is 15.8. The molecule has 3 rings (SSSR count). The van der Waals surface area contributed by atoms with Crippen LogP contribution in [0.3, 0.4) is 0 Å². The molecular weight excluding hydrogens is 342 g/mol. The first-order chi connectivity index (χ1) is 12.2. The lowest BCUT2D eigenvalue weighted by Gasteiger charge is -2.28. The molecule has 0 fully saturated rings. The fourth-order valence-electron chi connectivity index (χ4n) is 3.26. The van der Waals surface area contributed by atoms with Gasteiger partial charge >= 0.3 is 0 Å². The van der Waals surface area contributed by atoms with Crippen molar-refractivity contribution >= 4 is 37.4 Å². The molecule has 25 heavy (non-hydrogen) atoms. The highest BCUT2D eigenvalue weighted by Gasteiger charge is 2.36. The van der Waals surface area contributed by atoms with Crippen molar-refractivity contribution < 1.29 is 4.11 Å². The van der Waals surface area contributed by atoms with Gasteiger partial charge in [0.05, 0.1) is 0 Å². The van der Waals surface area contributed by atoms with Gasteiger partial charge in [0.2, 0.25) is 0 Å². The molecule has 0 heterocycles. The molecule has 0 nitrogen and oxygen atoms in total. The van der Waals surface area contributed by atoms with Gasteiger partial charge in [-0.25, -0.2) is 0 Å². The van der Waals surface area contributed by atoms with Crippen LogP contribution in [-0.4, -0.2) is 8.41 Å². The summed E-state index contributed by atoms with van der Waals surface area (Å²) >= 11 is 0. The molecular formula is C22H24FPSi. The molecule has 0 aromatic heterocycles. The van der Waals surface area contributed by atoms with E-state index in [9.17, 15) is 0 Å². The van der Waals surface area contributed by atoms with E-state index >= 15 is 4.11 Å². The smallest absolute Gasteiger partial charge is 0.277 e. The maximum atomic E-state index is 15.8. The van der Waals surface area contributed by atoms with Gasteiger partial charge in [-0.1, -0.05) is 98.8 Å². The van der Waals surface area contributed by atoms with E-state index in [2.05, 4.69) is 60.7 Å². The van der Waals surface area contributed by atoms with Crippen LogP contribution < -0.4 is 21.1 Å². The Balaban J connectivity index is 2.22. The Labute approximate surface area is 152 Å². The van der Waals surface area contributed by atoms with Crippen LogP contribution in [0.15, 0.2) is 84.9 Å². The summed E-state index contributed by atoms with van der Waals surface area (Å²) in [5.41, 5.74) is 0. The molecule has 0 saturated heterocycles. The van der Waals surface area contributed by atoms with Crippen molar-refractivity contribution in [1.29, 1.82) is 0 Å². The van der Waals surface area contributed by atoms with Crippen LogP contribution in [0, 0.1) is 0 Å². The Morgan fingerprint density at radius 1 is 0.680 bits per heavy atom. The molecule has 0 atom stereocenters. The molecule has 0 aliphatic heterocycles. The van der Waals surface area contributed by atoms with Gasteiger partial charge < -0.3 is 4.11 Å². The van der Waals surface area contributed by atoms with Crippen LogP contribution in [0.2, 0.25) is 12.1 Å². The second kappa shape index (κ2) is 8.08. The third-order valence-electron chi connectivity index (χ3n) is 4.78. The fourth-order valence-corrected chi connectivity index (χ4v) is 8.74. The molecule has 0 aliphatic carbocycles. The minimum absolute atomic E-state index is 0.632. The molecule has 128 valence electrons.